The van der Waals surface area contributed by atoms with Crippen molar-refractivity contribution in [2.75, 3.05) is 28.6 Å². The summed E-state index contributed by atoms with van der Waals surface area (Å²) < 4.78 is 0. The van der Waals surface area contributed by atoms with Crippen LogP contribution in [0.1, 0.15) is 31.4 Å². The Kier molecular flexibility index (Phi) is 5.14. The van der Waals surface area contributed by atoms with Crippen LogP contribution >= 0.6 is 0 Å². The minimum Gasteiger partial charge on any atom is -0.372 e. The summed E-state index contributed by atoms with van der Waals surface area (Å²) in [6.45, 7) is 4.39. The topological polar surface area (TPSA) is 66.0 Å². The van der Waals surface area contributed by atoms with Crippen LogP contribution in [0.3, 0.4) is 0 Å². The van der Waals surface area contributed by atoms with E-state index in [1.54, 1.807) is 6.20 Å². The van der Waals surface area contributed by atoms with Crippen molar-refractivity contribution < 1.29 is 0 Å². The molecule has 1 aliphatic rings. The lowest BCUT2D eigenvalue weighted by molar-refractivity contribution is 0.861. The molecule has 2 heterocycles. The summed E-state index contributed by atoms with van der Waals surface area (Å²) in [6.07, 6.45) is 4.20. The lowest BCUT2D eigenvalue weighted by Crippen LogP contribution is -2.17. The fourth-order valence-corrected chi connectivity index (χ4v) is 3.33. The van der Waals surface area contributed by atoms with Crippen LogP contribution in [0.15, 0.2) is 60.8 Å². The van der Waals surface area contributed by atoms with E-state index in [2.05, 4.69) is 74.0 Å². The van der Waals surface area contributed by atoms with Gasteiger partial charge in [-0.2, -0.15) is 10.1 Å². The number of hydrogen-bond donors (Lipinski definition) is 2. The molecule has 0 radical (unpaired) electrons. The summed E-state index contributed by atoms with van der Waals surface area (Å²) in [7, 11) is 0. The number of benzene rings is 2. The van der Waals surface area contributed by atoms with Gasteiger partial charge >= 0.3 is 0 Å². The molecule has 1 fully saturated rings. The second-order valence-electron chi connectivity index (χ2n) is 6.81. The van der Waals surface area contributed by atoms with Crippen molar-refractivity contribution in [1.82, 2.24) is 15.2 Å². The molecule has 2 aromatic carbocycles. The summed E-state index contributed by atoms with van der Waals surface area (Å²) in [5.74, 6) is 1.17. The fourth-order valence-electron chi connectivity index (χ4n) is 3.33. The maximum atomic E-state index is 4.53. The van der Waals surface area contributed by atoms with Crippen LogP contribution in [0.4, 0.5) is 23.1 Å². The standard InChI is InChI=1S/C21H24N6/c1-16(17-7-3-2-4-8-17)23-20-15-22-26-21(25-20)24-18-9-11-19(12-10-18)27-13-5-6-14-27/h2-4,7-12,15-16H,5-6,13-14H2,1H3,(H2,23,24,25,26). The highest BCUT2D eigenvalue weighted by Crippen LogP contribution is 2.23. The van der Waals surface area contributed by atoms with Crippen LogP contribution in [-0.2, 0) is 0 Å². The highest BCUT2D eigenvalue weighted by molar-refractivity contribution is 5.60. The molecule has 1 aliphatic heterocycles. The molecule has 1 saturated heterocycles. The van der Waals surface area contributed by atoms with Crippen LogP contribution in [0.2, 0.25) is 0 Å². The molecular formula is C21H24N6. The third-order valence-electron chi connectivity index (χ3n) is 4.82. The van der Waals surface area contributed by atoms with E-state index in [1.165, 1.54) is 24.1 Å². The third kappa shape index (κ3) is 4.34. The molecule has 27 heavy (non-hydrogen) atoms. The van der Waals surface area contributed by atoms with Gasteiger partial charge in [0, 0.05) is 30.5 Å². The number of anilines is 4. The SMILES string of the molecule is CC(Nc1cnnc(Nc2ccc(N3CCCC3)cc2)n1)c1ccccc1. The molecule has 6 nitrogen and oxygen atoms in total. The van der Waals surface area contributed by atoms with E-state index >= 15 is 0 Å². The zero-order valence-corrected chi connectivity index (χ0v) is 15.5. The molecule has 2 N–H and O–H groups in total. The zero-order valence-electron chi connectivity index (χ0n) is 15.5. The molecule has 1 unspecified atom stereocenters. The van der Waals surface area contributed by atoms with E-state index < -0.39 is 0 Å². The molecule has 6 heteroatoms. The number of nitrogens with zero attached hydrogens (tertiary/aromatic N) is 4. The fraction of sp³-hybridized carbons (Fsp3) is 0.286. The van der Waals surface area contributed by atoms with Crippen molar-refractivity contribution in [3.8, 4) is 0 Å². The monoisotopic (exact) mass is 360 g/mol. The maximum absolute atomic E-state index is 4.53. The van der Waals surface area contributed by atoms with Gasteiger partial charge in [0.25, 0.3) is 0 Å². The van der Waals surface area contributed by atoms with Gasteiger partial charge in [0.2, 0.25) is 5.95 Å². The average Bonchev–Trinajstić information content (AvgIpc) is 3.24. The van der Waals surface area contributed by atoms with Crippen molar-refractivity contribution in [1.29, 1.82) is 0 Å². The summed E-state index contributed by atoms with van der Waals surface area (Å²) in [5, 5.41) is 14.8. The molecule has 0 spiro atoms. The molecule has 0 aliphatic carbocycles. The molecule has 4 rings (SSSR count). The largest absolute Gasteiger partial charge is 0.372 e. The zero-order chi connectivity index (χ0) is 18.5. The van der Waals surface area contributed by atoms with Crippen LogP contribution in [0, 0.1) is 0 Å². The van der Waals surface area contributed by atoms with Gasteiger partial charge < -0.3 is 15.5 Å². The Morgan fingerprint density at radius 1 is 0.963 bits per heavy atom. The Labute approximate surface area is 159 Å². The molecular weight excluding hydrogens is 336 g/mol. The van der Waals surface area contributed by atoms with Crippen LogP contribution in [0.25, 0.3) is 0 Å². The number of nitrogens with one attached hydrogen (secondary N) is 2. The molecule has 0 saturated carbocycles. The Morgan fingerprint density at radius 2 is 1.70 bits per heavy atom. The minimum atomic E-state index is 0.135. The van der Waals surface area contributed by atoms with E-state index in [0.717, 1.165) is 18.8 Å². The summed E-state index contributed by atoms with van der Waals surface area (Å²) in [4.78, 5) is 6.94. The second-order valence-corrected chi connectivity index (χ2v) is 6.81. The minimum absolute atomic E-state index is 0.135. The lowest BCUT2D eigenvalue weighted by atomic mass is 10.1. The van der Waals surface area contributed by atoms with Crippen molar-refractivity contribution in [3.63, 3.8) is 0 Å². The van der Waals surface area contributed by atoms with Crippen molar-refractivity contribution in [2.45, 2.75) is 25.8 Å². The lowest BCUT2D eigenvalue weighted by Gasteiger charge is -2.18. The van der Waals surface area contributed by atoms with Crippen molar-refractivity contribution in [2.24, 2.45) is 0 Å². The van der Waals surface area contributed by atoms with Gasteiger partial charge in [-0.15, -0.1) is 5.10 Å². The predicted molar refractivity (Wildman–Crippen MR) is 109 cm³/mol. The second kappa shape index (κ2) is 8.03. The summed E-state index contributed by atoms with van der Waals surface area (Å²) in [5.41, 5.74) is 3.42. The van der Waals surface area contributed by atoms with E-state index in [0.29, 0.717) is 11.8 Å². The molecule has 0 bridgehead atoms. The van der Waals surface area contributed by atoms with Crippen molar-refractivity contribution in [3.05, 3.63) is 66.4 Å². The predicted octanol–water partition coefficient (Wildman–Crippen LogP) is 4.39. The smallest absolute Gasteiger partial charge is 0.249 e. The van der Waals surface area contributed by atoms with E-state index in [1.807, 2.05) is 18.2 Å². The van der Waals surface area contributed by atoms with Gasteiger partial charge in [-0.3, -0.25) is 0 Å². The average molecular weight is 360 g/mol. The molecule has 0 amide bonds. The number of rotatable bonds is 6. The summed E-state index contributed by atoms with van der Waals surface area (Å²) in [6, 6.07) is 18.8. The van der Waals surface area contributed by atoms with Gasteiger partial charge in [-0.1, -0.05) is 30.3 Å². The first kappa shape index (κ1) is 17.3. The Hall–Kier alpha value is -3.15. The number of aromatic nitrogens is 3. The Morgan fingerprint density at radius 3 is 2.44 bits per heavy atom. The third-order valence-corrected chi connectivity index (χ3v) is 4.82. The normalized spacial score (nSPS) is 14.8. The maximum Gasteiger partial charge on any atom is 0.249 e. The highest BCUT2D eigenvalue weighted by Gasteiger charge is 2.12. The molecule has 1 aromatic heterocycles. The number of hydrogen-bond acceptors (Lipinski definition) is 6. The first-order valence-corrected chi connectivity index (χ1v) is 9.41. The Bertz CT molecular complexity index is 859. The molecule has 1 atom stereocenters. The molecule has 3 aromatic rings. The van der Waals surface area contributed by atoms with Gasteiger partial charge in [0.05, 0.1) is 6.20 Å². The van der Waals surface area contributed by atoms with E-state index in [4.69, 9.17) is 0 Å². The van der Waals surface area contributed by atoms with Crippen LogP contribution in [-0.4, -0.2) is 28.3 Å². The van der Waals surface area contributed by atoms with E-state index in [-0.39, 0.29) is 6.04 Å². The quantitative estimate of drug-likeness (QED) is 0.680. The van der Waals surface area contributed by atoms with Crippen LogP contribution < -0.4 is 15.5 Å². The van der Waals surface area contributed by atoms with Gasteiger partial charge in [-0.25, -0.2) is 0 Å². The Balaban J connectivity index is 1.41. The first-order chi connectivity index (χ1) is 13.3. The summed E-state index contributed by atoms with van der Waals surface area (Å²) >= 11 is 0. The van der Waals surface area contributed by atoms with Crippen LogP contribution in [0.5, 0.6) is 0 Å². The van der Waals surface area contributed by atoms with Gasteiger partial charge in [0.15, 0.2) is 5.82 Å². The van der Waals surface area contributed by atoms with E-state index in [9.17, 15) is 0 Å². The highest BCUT2D eigenvalue weighted by atomic mass is 15.3. The van der Waals surface area contributed by atoms with Gasteiger partial charge in [-0.05, 0) is 49.6 Å². The van der Waals surface area contributed by atoms with Crippen molar-refractivity contribution >= 4 is 23.1 Å². The molecule has 138 valence electrons. The first-order valence-electron chi connectivity index (χ1n) is 9.41. The van der Waals surface area contributed by atoms with Gasteiger partial charge in [0.1, 0.15) is 0 Å².